The molecule has 0 spiro atoms. The third-order valence-corrected chi connectivity index (χ3v) is 10.1. The van der Waals surface area contributed by atoms with E-state index < -0.39 is 24.2 Å². The minimum absolute atomic E-state index is 0.231. The molecule has 5 aromatic carbocycles. The minimum atomic E-state index is -1.35. The number of ether oxygens (including phenoxy) is 6. The SMILES string of the molecule is C=CC(=O)OCCCCCCOc1ccc(C(=O)Oc2ccc(OC(O)c3ccc(OCCCCCCOC(=O)C=C)cc3)c(/C=N/N=C3c4ccccc4-c4ccccc43)c2)cc1. The molecule has 0 fully saturated rings. The second kappa shape index (κ2) is 24.4. The molecule has 0 bridgehead atoms. The van der Waals surface area contributed by atoms with Gasteiger partial charge in [-0.2, -0.15) is 5.10 Å². The Morgan fingerprint density at radius 2 is 1.06 bits per heavy atom. The fourth-order valence-electron chi connectivity index (χ4n) is 6.78. The molecule has 1 N–H and O–H groups in total. The number of fused-ring (bicyclic) bond motifs is 3. The number of nitrogens with zero attached hydrogens (tertiary/aromatic N) is 2. The molecule has 1 unspecified atom stereocenters. The highest BCUT2D eigenvalue weighted by molar-refractivity contribution is 6.24. The molecule has 0 aromatic heterocycles. The largest absolute Gasteiger partial charge is 0.494 e. The van der Waals surface area contributed by atoms with Gasteiger partial charge in [-0.25, -0.2) is 14.4 Å². The Morgan fingerprint density at radius 1 is 0.578 bits per heavy atom. The first-order valence-electron chi connectivity index (χ1n) is 21.4. The zero-order valence-corrected chi connectivity index (χ0v) is 35.7. The molecule has 330 valence electrons. The maximum Gasteiger partial charge on any atom is 0.343 e. The van der Waals surface area contributed by atoms with E-state index in [2.05, 4.69) is 35.5 Å². The minimum Gasteiger partial charge on any atom is -0.494 e. The first-order valence-corrected chi connectivity index (χ1v) is 21.4. The summed E-state index contributed by atoms with van der Waals surface area (Å²) in [5, 5.41) is 20.3. The van der Waals surface area contributed by atoms with E-state index in [1.54, 1.807) is 66.7 Å². The van der Waals surface area contributed by atoms with Crippen molar-refractivity contribution < 1.29 is 47.9 Å². The van der Waals surface area contributed by atoms with E-state index in [0.29, 0.717) is 54.6 Å². The lowest BCUT2D eigenvalue weighted by Crippen LogP contribution is -2.10. The molecule has 1 aliphatic carbocycles. The van der Waals surface area contributed by atoms with Gasteiger partial charge in [-0.05, 0) is 129 Å². The van der Waals surface area contributed by atoms with Gasteiger partial charge in [0.25, 0.3) is 0 Å². The molecular weight excluding hydrogens is 813 g/mol. The fourth-order valence-corrected chi connectivity index (χ4v) is 6.78. The first-order chi connectivity index (χ1) is 31.3. The van der Waals surface area contributed by atoms with E-state index in [0.717, 1.165) is 91.5 Å². The molecule has 1 atom stereocenters. The first kappa shape index (κ1) is 46.2. The number of aliphatic hydroxyl groups excluding tert-OH is 1. The average Bonchev–Trinajstić information content (AvgIpc) is 3.64. The Kier molecular flexibility index (Phi) is 17.6. The van der Waals surface area contributed by atoms with Crippen molar-refractivity contribution in [1.82, 2.24) is 0 Å². The number of hydrogen-bond acceptors (Lipinski definition) is 12. The van der Waals surface area contributed by atoms with Crippen molar-refractivity contribution in [2.75, 3.05) is 26.4 Å². The summed E-state index contributed by atoms with van der Waals surface area (Å²) >= 11 is 0. The Balaban J connectivity index is 1.08. The number of hydrogen-bond donors (Lipinski definition) is 1. The van der Waals surface area contributed by atoms with Gasteiger partial charge in [-0.3, -0.25) is 0 Å². The molecule has 6 rings (SSSR count). The number of carbonyl (C=O) groups is 3. The van der Waals surface area contributed by atoms with E-state index in [1.807, 2.05) is 36.4 Å². The number of rotatable bonds is 25. The Hall–Kier alpha value is -7.31. The Bertz CT molecular complexity index is 2380. The summed E-state index contributed by atoms with van der Waals surface area (Å²) in [6.45, 7) is 8.55. The molecule has 0 saturated heterocycles. The smallest absolute Gasteiger partial charge is 0.343 e. The van der Waals surface area contributed by atoms with Crippen LogP contribution in [0.3, 0.4) is 0 Å². The summed E-state index contributed by atoms with van der Waals surface area (Å²) in [5.74, 6) is 0.387. The topological polar surface area (TPSA) is 152 Å². The van der Waals surface area contributed by atoms with E-state index in [1.165, 1.54) is 6.21 Å². The lowest BCUT2D eigenvalue weighted by Gasteiger charge is -2.17. The highest BCUT2D eigenvalue weighted by Gasteiger charge is 2.24. The van der Waals surface area contributed by atoms with Crippen LogP contribution in [-0.2, 0) is 19.1 Å². The van der Waals surface area contributed by atoms with E-state index in [-0.39, 0.29) is 11.5 Å². The second-order valence-corrected chi connectivity index (χ2v) is 14.7. The standard InChI is InChI=1S/C52H52N2O10/c1-3-48(55)61-33-15-7-5-13-31-59-40-25-21-37(22-26-40)51(57)63-42-29-30-47(39(35-42)36-53-54-50-45-19-11-9-17-43(45)44-18-10-12-20-46(44)50)64-52(58)38-23-27-41(28-24-38)60-32-14-6-8-16-34-62-49(56)4-2/h3-4,9-12,17-30,35-36,52,58H,1-2,5-8,13-16,31-34H2/b53-36+. The monoisotopic (exact) mass is 864 g/mol. The number of carbonyl (C=O) groups excluding carboxylic acids is 3. The lowest BCUT2D eigenvalue weighted by molar-refractivity contribution is -0.138. The summed E-state index contributed by atoms with van der Waals surface area (Å²) in [4.78, 5) is 35.6. The maximum atomic E-state index is 13.3. The second-order valence-electron chi connectivity index (χ2n) is 14.7. The van der Waals surface area contributed by atoms with Crippen LogP contribution in [0.5, 0.6) is 23.0 Å². The van der Waals surface area contributed by atoms with E-state index >= 15 is 0 Å². The molecule has 1 aliphatic rings. The molecular formula is C52H52N2O10. The van der Waals surface area contributed by atoms with Crippen molar-refractivity contribution in [3.8, 4) is 34.1 Å². The average molecular weight is 865 g/mol. The van der Waals surface area contributed by atoms with E-state index in [9.17, 15) is 19.5 Å². The molecule has 12 heteroatoms. The normalized spacial score (nSPS) is 11.8. The van der Waals surface area contributed by atoms with Crippen LogP contribution >= 0.6 is 0 Å². The van der Waals surface area contributed by atoms with Gasteiger partial charge in [0, 0.05) is 34.4 Å². The van der Waals surface area contributed by atoms with Gasteiger partial charge < -0.3 is 33.5 Å². The third-order valence-electron chi connectivity index (χ3n) is 10.1. The Labute approximate surface area is 373 Å². The quantitative estimate of drug-likeness (QED) is 0.0112. The number of benzene rings is 5. The van der Waals surface area contributed by atoms with Crippen molar-refractivity contribution >= 4 is 29.8 Å². The van der Waals surface area contributed by atoms with Crippen molar-refractivity contribution in [2.24, 2.45) is 10.2 Å². The van der Waals surface area contributed by atoms with Crippen LogP contribution in [-0.4, -0.2) is 61.4 Å². The van der Waals surface area contributed by atoms with Crippen LogP contribution in [0, 0.1) is 0 Å². The van der Waals surface area contributed by atoms with Crippen LogP contribution in [0.1, 0.15) is 90.3 Å². The maximum absolute atomic E-state index is 13.3. The summed E-state index contributed by atoms with van der Waals surface area (Å²) in [7, 11) is 0. The number of esters is 3. The summed E-state index contributed by atoms with van der Waals surface area (Å²) < 4.78 is 33.6. The molecule has 0 amide bonds. The molecule has 12 nitrogen and oxygen atoms in total. The van der Waals surface area contributed by atoms with Crippen LogP contribution in [0.4, 0.5) is 0 Å². The molecule has 0 saturated carbocycles. The van der Waals surface area contributed by atoms with Crippen molar-refractivity contribution in [3.05, 3.63) is 168 Å². The molecule has 5 aromatic rings. The van der Waals surface area contributed by atoms with Gasteiger partial charge in [0.1, 0.15) is 28.7 Å². The molecule has 64 heavy (non-hydrogen) atoms. The van der Waals surface area contributed by atoms with E-state index in [4.69, 9.17) is 28.4 Å². The lowest BCUT2D eigenvalue weighted by atomic mass is 10.1. The van der Waals surface area contributed by atoms with Crippen molar-refractivity contribution in [3.63, 3.8) is 0 Å². The van der Waals surface area contributed by atoms with Crippen LogP contribution in [0.25, 0.3) is 11.1 Å². The van der Waals surface area contributed by atoms with Gasteiger partial charge in [0.2, 0.25) is 6.29 Å². The van der Waals surface area contributed by atoms with Crippen molar-refractivity contribution in [2.45, 2.75) is 57.7 Å². The predicted octanol–water partition coefficient (Wildman–Crippen LogP) is 10.2. The Morgan fingerprint density at radius 3 is 1.59 bits per heavy atom. The predicted molar refractivity (Wildman–Crippen MR) is 245 cm³/mol. The third kappa shape index (κ3) is 13.6. The van der Waals surface area contributed by atoms with Crippen LogP contribution in [0.2, 0.25) is 0 Å². The van der Waals surface area contributed by atoms with Gasteiger partial charge in [-0.15, -0.1) is 5.10 Å². The van der Waals surface area contributed by atoms with Crippen LogP contribution < -0.4 is 18.9 Å². The van der Waals surface area contributed by atoms with Gasteiger partial charge in [-0.1, -0.05) is 61.7 Å². The summed E-state index contributed by atoms with van der Waals surface area (Å²) in [5.41, 5.74) is 6.02. The summed E-state index contributed by atoms with van der Waals surface area (Å²) in [6, 6.07) is 34.5. The highest BCUT2D eigenvalue weighted by Crippen LogP contribution is 2.37. The summed E-state index contributed by atoms with van der Waals surface area (Å²) in [6.07, 6.45) is 9.36. The fraction of sp³-hybridized carbons (Fsp3) is 0.250. The van der Waals surface area contributed by atoms with Gasteiger partial charge >= 0.3 is 17.9 Å². The molecule has 0 heterocycles. The van der Waals surface area contributed by atoms with Crippen LogP contribution in [0.15, 0.2) is 151 Å². The zero-order chi connectivity index (χ0) is 44.9. The molecule has 0 radical (unpaired) electrons. The zero-order valence-electron chi connectivity index (χ0n) is 35.7. The van der Waals surface area contributed by atoms with Crippen molar-refractivity contribution in [1.29, 1.82) is 0 Å². The van der Waals surface area contributed by atoms with Gasteiger partial charge in [0.15, 0.2) is 0 Å². The molecule has 0 aliphatic heterocycles. The van der Waals surface area contributed by atoms with Gasteiger partial charge in [0.05, 0.1) is 38.2 Å². The number of aliphatic hydroxyl groups is 1. The highest BCUT2D eigenvalue weighted by atomic mass is 16.6. The number of unbranched alkanes of at least 4 members (excludes halogenated alkanes) is 6.